The Morgan fingerprint density at radius 2 is 1.78 bits per heavy atom. The Hall–Kier alpha value is -2.12. The Bertz CT molecular complexity index is 603. The average molecular weight is 378 g/mol. The monoisotopic (exact) mass is 378 g/mol. The fraction of sp³-hybridized carbons (Fsp3) is 0.789. The third-order valence-electron chi connectivity index (χ3n) is 5.83. The van der Waals surface area contributed by atoms with E-state index in [1.165, 1.54) is 6.42 Å². The van der Waals surface area contributed by atoms with Crippen LogP contribution in [0.5, 0.6) is 0 Å². The van der Waals surface area contributed by atoms with Crippen molar-refractivity contribution in [3.8, 4) is 0 Å². The van der Waals surface area contributed by atoms with Crippen molar-refractivity contribution in [2.45, 2.75) is 88.9 Å². The summed E-state index contributed by atoms with van der Waals surface area (Å²) in [5, 5.41) is 8.39. The summed E-state index contributed by atoms with van der Waals surface area (Å²) in [4.78, 5) is 50.6. The standard InChI is InChI=1S/C19H30N4O4/c1-12(20-17(25)14-9-10-16(24)22-14)19(27)23-11-5-8-15(23)18(26)21-13-6-3-2-4-7-13/h12-15H,2-11H2,1H3,(H,20,25)(H,21,26)(H,22,24)/t12-,14-,15-/m0/s1. The van der Waals surface area contributed by atoms with Gasteiger partial charge in [0.1, 0.15) is 18.1 Å². The molecule has 2 aliphatic heterocycles. The molecule has 3 fully saturated rings. The molecule has 0 spiro atoms. The minimum absolute atomic E-state index is 0.0747. The molecule has 1 saturated carbocycles. The van der Waals surface area contributed by atoms with Crippen LogP contribution >= 0.6 is 0 Å². The van der Waals surface area contributed by atoms with E-state index in [-0.39, 0.29) is 29.7 Å². The smallest absolute Gasteiger partial charge is 0.245 e. The highest BCUT2D eigenvalue weighted by Crippen LogP contribution is 2.21. The van der Waals surface area contributed by atoms with Gasteiger partial charge in [0.25, 0.3) is 0 Å². The van der Waals surface area contributed by atoms with Crippen LogP contribution in [0.4, 0.5) is 0 Å². The molecule has 3 rings (SSSR count). The molecule has 4 amide bonds. The molecule has 0 aromatic heterocycles. The number of rotatable bonds is 5. The van der Waals surface area contributed by atoms with Crippen molar-refractivity contribution in [2.24, 2.45) is 0 Å². The lowest BCUT2D eigenvalue weighted by Crippen LogP contribution is -2.55. The molecule has 0 aromatic rings. The van der Waals surface area contributed by atoms with Crippen LogP contribution in [0.15, 0.2) is 0 Å². The van der Waals surface area contributed by atoms with Crippen LogP contribution in [0.2, 0.25) is 0 Å². The normalized spacial score (nSPS) is 27.1. The van der Waals surface area contributed by atoms with E-state index in [9.17, 15) is 19.2 Å². The van der Waals surface area contributed by atoms with Crippen molar-refractivity contribution in [1.82, 2.24) is 20.9 Å². The molecule has 0 radical (unpaired) electrons. The van der Waals surface area contributed by atoms with Crippen LogP contribution in [-0.2, 0) is 19.2 Å². The summed E-state index contributed by atoms with van der Waals surface area (Å²) in [5.41, 5.74) is 0. The third kappa shape index (κ3) is 4.78. The molecule has 2 saturated heterocycles. The van der Waals surface area contributed by atoms with E-state index in [1.54, 1.807) is 11.8 Å². The largest absolute Gasteiger partial charge is 0.352 e. The molecular formula is C19H30N4O4. The summed E-state index contributed by atoms with van der Waals surface area (Å²) in [6.45, 7) is 2.16. The van der Waals surface area contributed by atoms with Crippen molar-refractivity contribution in [3.63, 3.8) is 0 Å². The van der Waals surface area contributed by atoms with Crippen molar-refractivity contribution >= 4 is 23.6 Å². The highest BCUT2D eigenvalue weighted by atomic mass is 16.2. The first kappa shape index (κ1) is 19.6. The zero-order chi connectivity index (χ0) is 19.4. The van der Waals surface area contributed by atoms with Crippen LogP contribution in [0, 0.1) is 0 Å². The number of amides is 4. The van der Waals surface area contributed by atoms with Crippen LogP contribution in [-0.4, -0.2) is 59.2 Å². The van der Waals surface area contributed by atoms with Gasteiger partial charge in [-0.15, -0.1) is 0 Å². The molecule has 1 aliphatic carbocycles. The van der Waals surface area contributed by atoms with E-state index >= 15 is 0 Å². The molecule has 27 heavy (non-hydrogen) atoms. The summed E-state index contributed by atoms with van der Waals surface area (Å²) in [6, 6.07) is -1.54. The van der Waals surface area contributed by atoms with Crippen LogP contribution < -0.4 is 16.0 Å². The maximum absolute atomic E-state index is 12.8. The number of hydrogen-bond donors (Lipinski definition) is 3. The van der Waals surface area contributed by atoms with Crippen LogP contribution in [0.1, 0.15) is 64.7 Å². The molecule has 0 bridgehead atoms. The van der Waals surface area contributed by atoms with E-state index < -0.39 is 18.1 Å². The zero-order valence-corrected chi connectivity index (χ0v) is 16.0. The lowest BCUT2D eigenvalue weighted by Gasteiger charge is -2.30. The zero-order valence-electron chi connectivity index (χ0n) is 16.0. The molecule has 3 aliphatic rings. The predicted octanol–water partition coefficient (Wildman–Crippen LogP) is 0.210. The predicted molar refractivity (Wildman–Crippen MR) is 98.5 cm³/mol. The van der Waals surface area contributed by atoms with Crippen molar-refractivity contribution in [2.75, 3.05) is 6.54 Å². The van der Waals surface area contributed by atoms with Gasteiger partial charge in [-0.2, -0.15) is 0 Å². The Morgan fingerprint density at radius 3 is 2.44 bits per heavy atom. The molecular weight excluding hydrogens is 348 g/mol. The minimum Gasteiger partial charge on any atom is -0.352 e. The van der Waals surface area contributed by atoms with Crippen molar-refractivity contribution in [1.29, 1.82) is 0 Å². The molecule has 3 atom stereocenters. The summed E-state index contributed by atoms with van der Waals surface area (Å²) in [5.74, 6) is -0.805. The van der Waals surface area contributed by atoms with Gasteiger partial charge >= 0.3 is 0 Å². The Kier molecular flexibility index (Phi) is 6.34. The van der Waals surface area contributed by atoms with Crippen LogP contribution in [0.25, 0.3) is 0 Å². The number of nitrogens with one attached hydrogen (secondary N) is 3. The second-order valence-corrected chi connectivity index (χ2v) is 7.92. The Balaban J connectivity index is 1.53. The van der Waals surface area contributed by atoms with Gasteiger partial charge < -0.3 is 20.9 Å². The SMILES string of the molecule is C[C@H](NC(=O)[C@@H]1CCC(=O)N1)C(=O)N1CCC[C@H]1C(=O)NC1CCCCC1. The van der Waals surface area contributed by atoms with Gasteiger partial charge in [-0.3, -0.25) is 19.2 Å². The molecule has 8 nitrogen and oxygen atoms in total. The van der Waals surface area contributed by atoms with Gasteiger partial charge in [0.05, 0.1) is 0 Å². The van der Waals surface area contributed by atoms with Gasteiger partial charge in [-0.1, -0.05) is 19.3 Å². The van der Waals surface area contributed by atoms with Crippen molar-refractivity contribution < 1.29 is 19.2 Å². The minimum atomic E-state index is -0.724. The van der Waals surface area contributed by atoms with E-state index in [1.807, 2.05) is 0 Å². The first-order valence-corrected chi connectivity index (χ1v) is 10.2. The molecule has 150 valence electrons. The van der Waals surface area contributed by atoms with Gasteiger partial charge in [-0.25, -0.2) is 0 Å². The third-order valence-corrected chi connectivity index (χ3v) is 5.83. The number of carbonyl (C=O) groups excluding carboxylic acids is 4. The first-order valence-electron chi connectivity index (χ1n) is 10.2. The summed E-state index contributed by atoms with van der Waals surface area (Å²) < 4.78 is 0. The topological polar surface area (TPSA) is 108 Å². The van der Waals surface area contributed by atoms with Gasteiger partial charge in [0.2, 0.25) is 23.6 Å². The average Bonchev–Trinajstić information content (AvgIpc) is 3.31. The Labute approximate surface area is 159 Å². The molecule has 0 aromatic carbocycles. The molecule has 2 heterocycles. The fourth-order valence-electron chi connectivity index (χ4n) is 4.28. The molecule has 3 N–H and O–H groups in total. The van der Waals surface area contributed by atoms with Gasteiger partial charge in [0, 0.05) is 19.0 Å². The van der Waals surface area contributed by atoms with Crippen LogP contribution in [0.3, 0.4) is 0 Å². The maximum atomic E-state index is 12.8. The van der Waals surface area contributed by atoms with E-state index in [0.717, 1.165) is 32.1 Å². The number of likely N-dealkylation sites (tertiary alicyclic amines) is 1. The van der Waals surface area contributed by atoms with E-state index in [4.69, 9.17) is 0 Å². The lowest BCUT2D eigenvalue weighted by atomic mass is 9.95. The number of nitrogens with zero attached hydrogens (tertiary/aromatic N) is 1. The first-order chi connectivity index (χ1) is 13.0. The quantitative estimate of drug-likeness (QED) is 0.635. The maximum Gasteiger partial charge on any atom is 0.245 e. The fourth-order valence-corrected chi connectivity index (χ4v) is 4.28. The second-order valence-electron chi connectivity index (χ2n) is 7.92. The van der Waals surface area contributed by atoms with E-state index in [0.29, 0.717) is 25.8 Å². The molecule has 0 unspecified atom stereocenters. The summed E-state index contributed by atoms with van der Waals surface area (Å²) in [7, 11) is 0. The van der Waals surface area contributed by atoms with Gasteiger partial charge in [-0.05, 0) is 39.0 Å². The molecule has 8 heteroatoms. The summed E-state index contributed by atoms with van der Waals surface area (Å²) >= 11 is 0. The highest BCUT2D eigenvalue weighted by molar-refractivity contribution is 5.95. The van der Waals surface area contributed by atoms with E-state index in [2.05, 4.69) is 16.0 Å². The van der Waals surface area contributed by atoms with Crippen molar-refractivity contribution in [3.05, 3.63) is 0 Å². The number of carbonyl (C=O) groups is 4. The Morgan fingerprint density at radius 1 is 1.04 bits per heavy atom. The number of hydrogen-bond acceptors (Lipinski definition) is 4. The lowest BCUT2D eigenvalue weighted by molar-refractivity contribution is -0.141. The highest BCUT2D eigenvalue weighted by Gasteiger charge is 2.38. The second kappa shape index (κ2) is 8.71. The van der Waals surface area contributed by atoms with Gasteiger partial charge in [0.15, 0.2) is 0 Å². The summed E-state index contributed by atoms with van der Waals surface area (Å²) in [6.07, 6.45) is 7.73.